The zero-order valence-electron chi connectivity index (χ0n) is 9.83. The second-order valence-corrected chi connectivity index (χ2v) is 4.86. The molecule has 0 aromatic carbocycles. The largest absolute Gasteiger partial charge is 0.372 e. The molecule has 3 nitrogen and oxygen atoms in total. The minimum atomic E-state index is 0.247. The highest BCUT2D eigenvalue weighted by Crippen LogP contribution is 2.22. The summed E-state index contributed by atoms with van der Waals surface area (Å²) in [4.78, 5) is 0. The van der Waals surface area contributed by atoms with Gasteiger partial charge in [0, 0.05) is 6.04 Å². The predicted molar refractivity (Wildman–Crippen MR) is 64.9 cm³/mol. The fourth-order valence-electron chi connectivity index (χ4n) is 1.30. The van der Waals surface area contributed by atoms with Gasteiger partial charge in [0.05, 0.1) is 29.1 Å². The van der Waals surface area contributed by atoms with Gasteiger partial charge in [-0.2, -0.15) is 5.10 Å². The molecule has 86 valence electrons. The van der Waals surface area contributed by atoms with Crippen molar-refractivity contribution in [3.05, 3.63) is 16.4 Å². The third-order valence-electron chi connectivity index (χ3n) is 2.41. The van der Waals surface area contributed by atoms with Crippen molar-refractivity contribution < 1.29 is 4.74 Å². The Labute approximate surface area is 99.9 Å². The van der Waals surface area contributed by atoms with Crippen LogP contribution in [0.4, 0.5) is 0 Å². The van der Waals surface area contributed by atoms with Crippen LogP contribution in [-0.4, -0.2) is 15.9 Å². The van der Waals surface area contributed by atoms with E-state index in [-0.39, 0.29) is 6.10 Å². The van der Waals surface area contributed by atoms with Crippen LogP contribution in [-0.2, 0) is 11.3 Å². The SMILES string of the molecule is CC[C@@H](C)n1ncc(Br)c1COC(C)C. The van der Waals surface area contributed by atoms with Crippen molar-refractivity contribution >= 4 is 15.9 Å². The quantitative estimate of drug-likeness (QED) is 0.821. The molecule has 1 atom stereocenters. The molecule has 1 aromatic heterocycles. The molecule has 0 amide bonds. The molecule has 0 spiro atoms. The van der Waals surface area contributed by atoms with Crippen LogP contribution in [0, 0.1) is 0 Å². The minimum absolute atomic E-state index is 0.247. The number of aromatic nitrogens is 2. The molecular weight excluding hydrogens is 256 g/mol. The molecule has 15 heavy (non-hydrogen) atoms. The third-order valence-corrected chi connectivity index (χ3v) is 3.07. The molecule has 0 aliphatic rings. The van der Waals surface area contributed by atoms with Crippen molar-refractivity contribution in [2.45, 2.75) is 52.9 Å². The maximum Gasteiger partial charge on any atom is 0.0899 e. The zero-order chi connectivity index (χ0) is 11.4. The lowest BCUT2D eigenvalue weighted by atomic mass is 10.2. The summed E-state index contributed by atoms with van der Waals surface area (Å²) in [5, 5.41) is 4.35. The normalized spacial score (nSPS) is 13.5. The number of ether oxygens (including phenoxy) is 1. The molecule has 0 saturated heterocycles. The Morgan fingerprint density at radius 1 is 1.47 bits per heavy atom. The summed E-state index contributed by atoms with van der Waals surface area (Å²) < 4.78 is 8.68. The highest BCUT2D eigenvalue weighted by atomic mass is 79.9. The Morgan fingerprint density at radius 3 is 2.67 bits per heavy atom. The average Bonchev–Trinajstić information content (AvgIpc) is 2.55. The van der Waals surface area contributed by atoms with Crippen LogP contribution in [0.1, 0.15) is 45.9 Å². The Kier molecular flexibility index (Phi) is 4.80. The van der Waals surface area contributed by atoms with E-state index in [9.17, 15) is 0 Å². The maximum absolute atomic E-state index is 5.61. The second kappa shape index (κ2) is 5.66. The van der Waals surface area contributed by atoms with E-state index in [0.29, 0.717) is 12.6 Å². The van der Waals surface area contributed by atoms with Crippen molar-refractivity contribution in [1.29, 1.82) is 0 Å². The highest BCUT2D eigenvalue weighted by Gasteiger charge is 2.13. The van der Waals surface area contributed by atoms with Crippen LogP contribution in [0.25, 0.3) is 0 Å². The van der Waals surface area contributed by atoms with Crippen LogP contribution in [0.3, 0.4) is 0 Å². The van der Waals surface area contributed by atoms with E-state index in [0.717, 1.165) is 16.6 Å². The number of hydrogen-bond donors (Lipinski definition) is 0. The number of rotatable bonds is 5. The smallest absolute Gasteiger partial charge is 0.0899 e. The minimum Gasteiger partial charge on any atom is -0.372 e. The zero-order valence-corrected chi connectivity index (χ0v) is 11.4. The summed E-state index contributed by atoms with van der Waals surface area (Å²) in [5.41, 5.74) is 1.12. The molecule has 0 saturated carbocycles. The average molecular weight is 275 g/mol. The Bertz CT molecular complexity index is 310. The topological polar surface area (TPSA) is 27.1 Å². The molecule has 0 fully saturated rings. The van der Waals surface area contributed by atoms with Gasteiger partial charge in [-0.25, -0.2) is 0 Å². The maximum atomic E-state index is 5.61. The lowest BCUT2D eigenvalue weighted by molar-refractivity contribution is 0.0599. The first-order valence-corrected chi connectivity index (χ1v) is 6.19. The molecule has 0 unspecified atom stereocenters. The van der Waals surface area contributed by atoms with E-state index in [1.807, 2.05) is 24.7 Å². The summed E-state index contributed by atoms with van der Waals surface area (Å²) in [6.07, 6.45) is 3.16. The van der Waals surface area contributed by atoms with Gasteiger partial charge in [0.1, 0.15) is 0 Å². The van der Waals surface area contributed by atoms with Gasteiger partial charge in [0.25, 0.3) is 0 Å². The van der Waals surface area contributed by atoms with Crippen molar-refractivity contribution in [1.82, 2.24) is 9.78 Å². The molecule has 0 N–H and O–H groups in total. The van der Waals surface area contributed by atoms with Crippen molar-refractivity contribution in [2.75, 3.05) is 0 Å². The molecule has 0 aliphatic carbocycles. The standard InChI is InChI=1S/C11H19BrN2O/c1-5-9(4)14-11(7-15-8(2)3)10(12)6-13-14/h6,8-9H,5,7H2,1-4H3/t9-/m1/s1. The predicted octanol–water partition coefficient (Wildman–Crippen LogP) is 3.54. The van der Waals surface area contributed by atoms with E-state index < -0.39 is 0 Å². The van der Waals surface area contributed by atoms with E-state index in [1.54, 1.807) is 0 Å². The molecule has 4 heteroatoms. The summed E-state index contributed by atoms with van der Waals surface area (Å²) >= 11 is 3.50. The molecule has 1 aromatic rings. The number of nitrogens with zero attached hydrogens (tertiary/aromatic N) is 2. The first-order valence-electron chi connectivity index (χ1n) is 5.39. The van der Waals surface area contributed by atoms with Crippen LogP contribution in [0.5, 0.6) is 0 Å². The van der Waals surface area contributed by atoms with Gasteiger partial charge in [-0.1, -0.05) is 6.92 Å². The highest BCUT2D eigenvalue weighted by molar-refractivity contribution is 9.10. The van der Waals surface area contributed by atoms with E-state index in [2.05, 4.69) is 34.9 Å². The summed E-state index contributed by atoms with van der Waals surface area (Å²) in [5.74, 6) is 0. The van der Waals surface area contributed by atoms with Gasteiger partial charge in [-0.15, -0.1) is 0 Å². The van der Waals surface area contributed by atoms with Crippen LogP contribution >= 0.6 is 15.9 Å². The molecule has 1 rings (SSSR count). The monoisotopic (exact) mass is 274 g/mol. The number of halogens is 1. The van der Waals surface area contributed by atoms with E-state index in [4.69, 9.17) is 4.74 Å². The van der Waals surface area contributed by atoms with Gasteiger partial charge in [-0.05, 0) is 43.1 Å². The third kappa shape index (κ3) is 3.31. The van der Waals surface area contributed by atoms with Gasteiger partial charge >= 0.3 is 0 Å². The van der Waals surface area contributed by atoms with Gasteiger partial charge < -0.3 is 4.74 Å². The molecule has 0 aliphatic heterocycles. The molecule has 0 radical (unpaired) electrons. The van der Waals surface area contributed by atoms with Gasteiger partial charge in [0.15, 0.2) is 0 Å². The summed E-state index contributed by atoms with van der Waals surface area (Å²) in [7, 11) is 0. The fraction of sp³-hybridized carbons (Fsp3) is 0.727. The van der Waals surface area contributed by atoms with Gasteiger partial charge in [-0.3, -0.25) is 4.68 Å². The van der Waals surface area contributed by atoms with Gasteiger partial charge in [0.2, 0.25) is 0 Å². The lowest BCUT2D eigenvalue weighted by Crippen LogP contribution is -2.12. The first kappa shape index (κ1) is 12.7. The fourth-order valence-corrected chi connectivity index (χ4v) is 1.69. The summed E-state index contributed by atoms with van der Waals surface area (Å²) in [6, 6.07) is 0.419. The number of hydrogen-bond acceptors (Lipinski definition) is 2. The van der Waals surface area contributed by atoms with Crippen LogP contribution in [0.2, 0.25) is 0 Å². The van der Waals surface area contributed by atoms with Crippen LogP contribution < -0.4 is 0 Å². The van der Waals surface area contributed by atoms with Crippen LogP contribution in [0.15, 0.2) is 10.7 Å². The van der Waals surface area contributed by atoms with Crippen molar-refractivity contribution in [2.24, 2.45) is 0 Å². The van der Waals surface area contributed by atoms with Crippen molar-refractivity contribution in [3.63, 3.8) is 0 Å². The Hall–Kier alpha value is -0.350. The lowest BCUT2D eigenvalue weighted by Gasteiger charge is -2.15. The van der Waals surface area contributed by atoms with E-state index in [1.165, 1.54) is 0 Å². The Balaban J connectivity index is 2.79. The second-order valence-electron chi connectivity index (χ2n) is 4.00. The first-order chi connectivity index (χ1) is 7.06. The molecule has 1 heterocycles. The molecule has 0 bridgehead atoms. The van der Waals surface area contributed by atoms with E-state index >= 15 is 0 Å². The summed E-state index contributed by atoms with van der Waals surface area (Å²) in [6.45, 7) is 9.02. The Morgan fingerprint density at radius 2 is 2.13 bits per heavy atom. The van der Waals surface area contributed by atoms with Crippen molar-refractivity contribution in [3.8, 4) is 0 Å². The molecular formula is C11H19BrN2O.